The van der Waals surface area contributed by atoms with E-state index in [9.17, 15) is 4.79 Å². The van der Waals surface area contributed by atoms with Crippen LogP contribution in [-0.2, 0) is 9.63 Å². The van der Waals surface area contributed by atoms with E-state index in [4.69, 9.17) is 9.57 Å². The minimum absolute atomic E-state index is 0.200. The zero-order valence-corrected chi connectivity index (χ0v) is 14.2. The molecule has 2 heterocycles. The van der Waals surface area contributed by atoms with Gasteiger partial charge in [-0.1, -0.05) is 18.2 Å². The van der Waals surface area contributed by atoms with Crippen LogP contribution in [0.5, 0.6) is 5.75 Å². The van der Waals surface area contributed by atoms with E-state index in [-0.39, 0.29) is 5.97 Å². The van der Waals surface area contributed by atoms with E-state index in [0.717, 1.165) is 24.5 Å². The number of benzene rings is 1. The van der Waals surface area contributed by atoms with Gasteiger partial charge in [-0.05, 0) is 30.7 Å². The molecule has 2 aromatic rings. The summed E-state index contributed by atoms with van der Waals surface area (Å²) >= 11 is 0. The highest BCUT2D eigenvalue weighted by molar-refractivity contribution is 5.69. The molecule has 3 rings (SSSR count). The first-order valence-corrected chi connectivity index (χ1v) is 8.60. The summed E-state index contributed by atoms with van der Waals surface area (Å²) in [7, 11) is 0. The normalized spacial score (nSPS) is 15.0. The average Bonchev–Trinajstić information content (AvgIpc) is 2.67. The fourth-order valence-electron chi connectivity index (χ4n) is 2.71. The molecule has 6 nitrogen and oxygen atoms in total. The molecule has 6 heteroatoms. The molecule has 0 radical (unpaired) electrons. The lowest BCUT2D eigenvalue weighted by Gasteiger charge is -2.34. The third-order valence-electron chi connectivity index (χ3n) is 4.03. The number of anilines is 1. The van der Waals surface area contributed by atoms with Gasteiger partial charge in [0.05, 0.1) is 26.1 Å². The fourth-order valence-corrected chi connectivity index (χ4v) is 2.71. The number of carbonyl (C=O) groups excluding carboxylic acids is 1. The number of para-hydroxylation sites is 1. The molecule has 132 valence electrons. The fraction of sp³-hybridized carbons (Fsp3) is 0.368. The zero-order valence-electron chi connectivity index (χ0n) is 14.2. The topological polar surface area (TPSA) is 54.9 Å². The Morgan fingerprint density at radius 1 is 1.00 bits per heavy atom. The van der Waals surface area contributed by atoms with E-state index < -0.39 is 0 Å². The number of ether oxygens (including phenoxy) is 1. The zero-order chi connectivity index (χ0) is 17.3. The Morgan fingerprint density at radius 3 is 2.44 bits per heavy atom. The maximum atomic E-state index is 11.9. The average molecular weight is 341 g/mol. The first kappa shape index (κ1) is 17.2. The molecule has 0 aliphatic carbocycles. The Morgan fingerprint density at radius 2 is 1.72 bits per heavy atom. The summed E-state index contributed by atoms with van der Waals surface area (Å²) in [4.78, 5) is 23.7. The lowest BCUT2D eigenvalue weighted by molar-refractivity contribution is -0.191. The summed E-state index contributed by atoms with van der Waals surface area (Å²) in [5.41, 5.74) is 1.15. The van der Waals surface area contributed by atoms with Crippen LogP contribution in [0, 0.1) is 0 Å². The summed E-state index contributed by atoms with van der Waals surface area (Å²) in [6, 6.07) is 13.6. The SMILES string of the molecule is O=C(CCCOc1ccccc1)ON1CCN(c2ccncc2)CC1. The first-order chi connectivity index (χ1) is 12.3. The van der Waals surface area contributed by atoms with Crippen LogP contribution in [0.15, 0.2) is 54.9 Å². The monoisotopic (exact) mass is 341 g/mol. The van der Waals surface area contributed by atoms with Crippen molar-refractivity contribution in [3.05, 3.63) is 54.9 Å². The second-order valence-electron chi connectivity index (χ2n) is 5.85. The number of hydrogen-bond donors (Lipinski definition) is 0. The Kier molecular flexibility index (Phi) is 6.23. The van der Waals surface area contributed by atoms with E-state index >= 15 is 0 Å². The minimum atomic E-state index is -0.200. The number of hydrogen-bond acceptors (Lipinski definition) is 6. The van der Waals surface area contributed by atoms with Crippen molar-refractivity contribution in [2.75, 3.05) is 37.7 Å². The number of nitrogens with zero attached hydrogens (tertiary/aromatic N) is 3. The second-order valence-corrected chi connectivity index (χ2v) is 5.85. The van der Waals surface area contributed by atoms with Gasteiger partial charge in [0, 0.05) is 31.2 Å². The van der Waals surface area contributed by atoms with Crippen LogP contribution in [0.4, 0.5) is 5.69 Å². The number of piperazine rings is 1. The summed E-state index contributed by atoms with van der Waals surface area (Å²) in [6.45, 7) is 3.57. The standard InChI is InChI=1S/C19H23N3O3/c23-19(7-4-16-24-18-5-2-1-3-6-18)25-22-14-12-21(13-15-22)17-8-10-20-11-9-17/h1-3,5-6,8-11H,4,7,12-16H2. The van der Waals surface area contributed by atoms with Crippen molar-refractivity contribution >= 4 is 11.7 Å². The maximum Gasteiger partial charge on any atom is 0.325 e. The van der Waals surface area contributed by atoms with E-state index in [0.29, 0.717) is 32.5 Å². The van der Waals surface area contributed by atoms with Crippen LogP contribution in [0.25, 0.3) is 0 Å². The van der Waals surface area contributed by atoms with Gasteiger partial charge < -0.3 is 14.5 Å². The number of hydroxylamine groups is 2. The van der Waals surface area contributed by atoms with Crippen molar-refractivity contribution in [3.8, 4) is 5.75 Å². The lowest BCUT2D eigenvalue weighted by Crippen LogP contribution is -2.47. The van der Waals surface area contributed by atoms with E-state index in [1.807, 2.05) is 42.5 Å². The predicted molar refractivity (Wildman–Crippen MR) is 95.3 cm³/mol. The highest BCUT2D eigenvalue weighted by Crippen LogP contribution is 2.15. The molecule has 0 spiro atoms. The molecule has 25 heavy (non-hydrogen) atoms. The van der Waals surface area contributed by atoms with Gasteiger partial charge in [0.1, 0.15) is 5.75 Å². The van der Waals surface area contributed by atoms with Crippen molar-refractivity contribution in [3.63, 3.8) is 0 Å². The van der Waals surface area contributed by atoms with Crippen molar-refractivity contribution in [1.82, 2.24) is 10.0 Å². The minimum Gasteiger partial charge on any atom is -0.494 e. The van der Waals surface area contributed by atoms with Crippen LogP contribution < -0.4 is 9.64 Å². The molecular weight excluding hydrogens is 318 g/mol. The number of rotatable bonds is 7. The van der Waals surface area contributed by atoms with Gasteiger partial charge in [-0.25, -0.2) is 0 Å². The quantitative estimate of drug-likeness (QED) is 0.722. The van der Waals surface area contributed by atoms with Crippen LogP contribution in [0.3, 0.4) is 0 Å². The molecule has 1 aliphatic rings. The van der Waals surface area contributed by atoms with Crippen LogP contribution in [0.1, 0.15) is 12.8 Å². The Balaban J connectivity index is 1.31. The molecule has 0 amide bonds. The van der Waals surface area contributed by atoms with Crippen molar-refractivity contribution in [2.24, 2.45) is 0 Å². The van der Waals surface area contributed by atoms with Gasteiger partial charge >= 0.3 is 5.97 Å². The summed E-state index contributed by atoms with van der Waals surface area (Å²) in [5, 5.41) is 1.75. The molecule has 0 bridgehead atoms. The summed E-state index contributed by atoms with van der Waals surface area (Å²) in [5.74, 6) is 0.622. The Bertz CT molecular complexity index is 643. The molecular formula is C19H23N3O3. The van der Waals surface area contributed by atoms with E-state index in [1.54, 1.807) is 17.5 Å². The van der Waals surface area contributed by atoms with Crippen molar-refractivity contribution in [1.29, 1.82) is 0 Å². The van der Waals surface area contributed by atoms with Gasteiger partial charge in [0.2, 0.25) is 0 Å². The van der Waals surface area contributed by atoms with Gasteiger partial charge in [-0.2, -0.15) is 0 Å². The molecule has 0 atom stereocenters. The molecule has 1 aromatic carbocycles. The van der Waals surface area contributed by atoms with Gasteiger partial charge in [-0.15, -0.1) is 5.06 Å². The lowest BCUT2D eigenvalue weighted by atomic mass is 10.3. The molecule has 1 fully saturated rings. The molecule has 0 saturated carbocycles. The van der Waals surface area contributed by atoms with Crippen LogP contribution in [0.2, 0.25) is 0 Å². The number of carbonyl (C=O) groups is 1. The molecule has 1 aliphatic heterocycles. The molecule has 0 unspecified atom stereocenters. The summed E-state index contributed by atoms with van der Waals surface area (Å²) < 4.78 is 5.58. The van der Waals surface area contributed by atoms with Crippen LogP contribution in [-0.4, -0.2) is 48.8 Å². The second kappa shape index (κ2) is 9.03. The number of pyridine rings is 1. The molecule has 1 aromatic heterocycles. The maximum absolute atomic E-state index is 11.9. The molecule has 0 N–H and O–H groups in total. The predicted octanol–water partition coefficient (Wildman–Crippen LogP) is 2.52. The first-order valence-electron chi connectivity index (χ1n) is 8.60. The highest BCUT2D eigenvalue weighted by Gasteiger charge is 2.20. The number of aromatic nitrogens is 1. The third kappa shape index (κ3) is 5.46. The van der Waals surface area contributed by atoms with Gasteiger partial charge in [0.15, 0.2) is 0 Å². The smallest absolute Gasteiger partial charge is 0.325 e. The largest absolute Gasteiger partial charge is 0.494 e. The van der Waals surface area contributed by atoms with E-state index in [2.05, 4.69) is 9.88 Å². The van der Waals surface area contributed by atoms with Crippen LogP contribution >= 0.6 is 0 Å². The summed E-state index contributed by atoms with van der Waals surface area (Å²) in [6.07, 6.45) is 4.58. The molecule has 1 saturated heterocycles. The highest BCUT2D eigenvalue weighted by atomic mass is 16.7. The van der Waals surface area contributed by atoms with Crippen molar-refractivity contribution in [2.45, 2.75) is 12.8 Å². The van der Waals surface area contributed by atoms with E-state index in [1.165, 1.54) is 0 Å². The van der Waals surface area contributed by atoms with Crippen molar-refractivity contribution < 1.29 is 14.4 Å². The Labute approximate surface area is 147 Å². The Hall–Kier alpha value is -2.60. The van der Waals surface area contributed by atoms with Gasteiger partial charge in [-0.3, -0.25) is 9.78 Å². The van der Waals surface area contributed by atoms with Gasteiger partial charge in [0.25, 0.3) is 0 Å². The third-order valence-corrected chi connectivity index (χ3v) is 4.03.